The van der Waals surface area contributed by atoms with Crippen LogP contribution in [0.15, 0.2) is 34.8 Å². The average Bonchev–Trinajstić information content (AvgIpc) is 2.68. The van der Waals surface area contributed by atoms with Crippen molar-refractivity contribution < 1.29 is 9.90 Å². The Kier molecular flexibility index (Phi) is 3.95. The summed E-state index contributed by atoms with van der Waals surface area (Å²) in [5, 5.41) is 8.91. The summed E-state index contributed by atoms with van der Waals surface area (Å²) in [7, 11) is 0. The fraction of sp³-hybridized carbons (Fsp3) is 0.214. The molecule has 0 aliphatic rings. The molecule has 0 bridgehead atoms. The van der Waals surface area contributed by atoms with Crippen LogP contribution in [0.2, 0.25) is 0 Å². The molecule has 0 saturated heterocycles. The van der Waals surface area contributed by atoms with Crippen LogP contribution in [-0.4, -0.2) is 15.8 Å². The highest BCUT2D eigenvalue weighted by Crippen LogP contribution is 2.19. The quantitative estimate of drug-likeness (QED) is 0.908. The zero-order valence-corrected chi connectivity index (χ0v) is 12.4. The number of nitrogens with zero attached hydrogens (tertiary/aromatic N) is 1. The summed E-state index contributed by atoms with van der Waals surface area (Å²) in [6.07, 6.45) is 0. The first kappa shape index (κ1) is 13.7. The fourth-order valence-electron chi connectivity index (χ4n) is 1.91. The lowest BCUT2D eigenvalue weighted by Crippen LogP contribution is -2.17. The summed E-state index contributed by atoms with van der Waals surface area (Å²) in [6, 6.07) is 9.14. The Hall–Kier alpha value is -1.75. The lowest BCUT2D eigenvalue weighted by molar-refractivity contribution is 0.0697. The van der Waals surface area contributed by atoms with E-state index < -0.39 is 5.97 Å². The van der Waals surface area contributed by atoms with Crippen LogP contribution in [0, 0.1) is 13.8 Å². The molecule has 0 unspecified atom stereocenters. The van der Waals surface area contributed by atoms with Gasteiger partial charge in [0, 0.05) is 15.9 Å². The predicted molar refractivity (Wildman–Crippen MR) is 78.1 cm³/mol. The molecule has 1 aromatic heterocycles. The Morgan fingerprint density at radius 2 is 1.89 bits per heavy atom. The summed E-state index contributed by atoms with van der Waals surface area (Å²) in [4.78, 5) is 10.9. The van der Waals surface area contributed by atoms with Crippen LogP contribution in [0.25, 0.3) is 0 Å². The standard InChI is InChI=1S/C14H15BrN2O2/c1-9-3-4-10(2)17(9)16-8-12-6-5-11(14(18)19)7-13(12)15/h3-7,16H,8H2,1-2H3,(H,18,19). The van der Waals surface area contributed by atoms with Gasteiger partial charge in [-0.05, 0) is 43.7 Å². The van der Waals surface area contributed by atoms with Crippen molar-refractivity contribution in [3.05, 3.63) is 57.3 Å². The van der Waals surface area contributed by atoms with Crippen LogP contribution in [-0.2, 0) is 6.54 Å². The molecule has 0 saturated carbocycles. The lowest BCUT2D eigenvalue weighted by Gasteiger charge is -2.13. The van der Waals surface area contributed by atoms with Crippen molar-refractivity contribution >= 4 is 21.9 Å². The van der Waals surface area contributed by atoms with E-state index >= 15 is 0 Å². The van der Waals surface area contributed by atoms with Gasteiger partial charge in [0.05, 0.1) is 12.1 Å². The summed E-state index contributed by atoms with van der Waals surface area (Å²) < 4.78 is 2.81. The Labute approximate surface area is 120 Å². The number of benzene rings is 1. The van der Waals surface area contributed by atoms with Gasteiger partial charge in [-0.25, -0.2) is 4.79 Å². The number of halogens is 1. The molecule has 0 amide bonds. The molecule has 0 spiro atoms. The smallest absolute Gasteiger partial charge is 0.335 e. The number of carboxylic acids is 1. The Morgan fingerprint density at radius 1 is 1.26 bits per heavy atom. The van der Waals surface area contributed by atoms with Crippen LogP contribution in [0.1, 0.15) is 27.3 Å². The second-order valence-corrected chi connectivity index (χ2v) is 5.25. The zero-order chi connectivity index (χ0) is 14.0. The third-order valence-corrected chi connectivity index (χ3v) is 3.74. The minimum atomic E-state index is -0.919. The van der Waals surface area contributed by atoms with E-state index in [0.717, 1.165) is 21.4 Å². The molecular weight excluding hydrogens is 308 g/mol. The zero-order valence-electron chi connectivity index (χ0n) is 10.8. The molecule has 4 nitrogen and oxygen atoms in total. The first-order valence-electron chi connectivity index (χ1n) is 5.89. The highest BCUT2D eigenvalue weighted by atomic mass is 79.9. The maximum absolute atomic E-state index is 10.9. The van der Waals surface area contributed by atoms with E-state index in [9.17, 15) is 4.79 Å². The van der Waals surface area contributed by atoms with Gasteiger partial charge >= 0.3 is 5.97 Å². The molecule has 5 heteroatoms. The number of aryl methyl sites for hydroxylation is 2. The van der Waals surface area contributed by atoms with Gasteiger partial charge in [0.2, 0.25) is 0 Å². The molecule has 2 N–H and O–H groups in total. The fourth-order valence-corrected chi connectivity index (χ4v) is 2.42. The van der Waals surface area contributed by atoms with Gasteiger partial charge in [0.25, 0.3) is 0 Å². The second-order valence-electron chi connectivity index (χ2n) is 4.40. The Morgan fingerprint density at radius 3 is 2.42 bits per heavy atom. The Bertz CT molecular complexity index is 600. The van der Waals surface area contributed by atoms with Gasteiger partial charge in [-0.15, -0.1) is 0 Å². The molecule has 2 rings (SSSR count). The monoisotopic (exact) mass is 322 g/mol. The lowest BCUT2D eigenvalue weighted by atomic mass is 10.1. The number of hydrogen-bond donors (Lipinski definition) is 2. The summed E-state index contributed by atoms with van der Waals surface area (Å²) >= 11 is 3.40. The molecule has 1 aromatic carbocycles. The minimum absolute atomic E-state index is 0.281. The predicted octanol–water partition coefficient (Wildman–Crippen LogP) is 3.31. The number of rotatable bonds is 4. The van der Waals surface area contributed by atoms with E-state index in [1.165, 1.54) is 0 Å². The molecule has 0 radical (unpaired) electrons. The van der Waals surface area contributed by atoms with E-state index in [0.29, 0.717) is 6.54 Å². The van der Waals surface area contributed by atoms with Crippen molar-refractivity contribution in [1.82, 2.24) is 4.68 Å². The molecule has 0 aliphatic heterocycles. The highest BCUT2D eigenvalue weighted by Gasteiger charge is 2.07. The van der Waals surface area contributed by atoms with Gasteiger partial charge in [0.15, 0.2) is 0 Å². The van der Waals surface area contributed by atoms with Gasteiger partial charge in [-0.3, -0.25) is 4.68 Å². The maximum Gasteiger partial charge on any atom is 0.335 e. The number of carboxylic acid groups (broad SMARTS) is 1. The third-order valence-electron chi connectivity index (χ3n) is 3.00. The summed E-state index contributed by atoms with van der Waals surface area (Å²) in [6.45, 7) is 4.68. The van der Waals surface area contributed by atoms with Crippen LogP contribution in [0.3, 0.4) is 0 Å². The molecule has 0 aliphatic carbocycles. The van der Waals surface area contributed by atoms with Crippen molar-refractivity contribution in [3.8, 4) is 0 Å². The van der Waals surface area contributed by atoms with E-state index in [2.05, 4.69) is 21.4 Å². The molecule has 2 aromatic rings. The second kappa shape index (κ2) is 5.48. The van der Waals surface area contributed by atoms with Crippen LogP contribution < -0.4 is 5.43 Å². The van der Waals surface area contributed by atoms with Gasteiger partial charge in [-0.1, -0.05) is 22.0 Å². The number of aromatic nitrogens is 1. The molecule has 0 fully saturated rings. The highest BCUT2D eigenvalue weighted by molar-refractivity contribution is 9.10. The van der Waals surface area contributed by atoms with E-state index in [1.807, 2.05) is 36.7 Å². The van der Waals surface area contributed by atoms with E-state index in [-0.39, 0.29) is 5.56 Å². The van der Waals surface area contributed by atoms with Crippen molar-refractivity contribution in [2.24, 2.45) is 0 Å². The molecular formula is C14H15BrN2O2. The first-order valence-corrected chi connectivity index (χ1v) is 6.69. The van der Waals surface area contributed by atoms with Crippen molar-refractivity contribution in [2.45, 2.75) is 20.4 Å². The molecule has 1 heterocycles. The van der Waals surface area contributed by atoms with Crippen LogP contribution >= 0.6 is 15.9 Å². The number of nitrogens with one attached hydrogen (secondary N) is 1. The average molecular weight is 323 g/mol. The molecule has 100 valence electrons. The van der Waals surface area contributed by atoms with E-state index in [1.54, 1.807) is 12.1 Å². The largest absolute Gasteiger partial charge is 0.478 e. The van der Waals surface area contributed by atoms with Crippen molar-refractivity contribution in [3.63, 3.8) is 0 Å². The van der Waals surface area contributed by atoms with Gasteiger partial charge in [-0.2, -0.15) is 0 Å². The summed E-state index contributed by atoms with van der Waals surface area (Å²) in [5.74, 6) is -0.919. The topological polar surface area (TPSA) is 54.3 Å². The van der Waals surface area contributed by atoms with Crippen molar-refractivity contribution in [2.75, 3.05) is 5.43 Å². The maximum atomic E-state index is 10.9. The number of hydrogen-bond acceptors (Lipinski definition) is 2. The van der Waals surface area contributed by atoms with Crippen LogP contribution in [0.5, 0.6) is 0 Å². The van der Waals surface area contributed by atoms with E-state index in [4.69, 9.17) is 5.11 Å². The number of carbonyl (C=O) groups is 1. The summed E-state index contributed by atoms with van der Waals surface area (Å²) in [5.41, 5.74) is 6.87. The normalized spacial score (nSPS) is 10.5. The molecule has 0 atom stereocenters. The van der Waals surface area contributed by atoms with Gasteiger partial charge in [0.1, 0.15) is 0 Å². The SMILES string of the molecule is Cc1ccc(C)n1NCc1ccc(C(=O)O)cc1Br. The minimum Gasteiger partial charge on any atom is -0.478 e. The third kappa shape index (κ3) is 2.98. The van der Waals surface area contributed by atoms with Crippen LogP contribution in [0.4, 0.5) is 0 Å². The molecule has 19 heavy (non-hydrogen) atoms. The Balaban J connectivity index is 2.14. The first-order chi connectivity index (χ1) is 8.99. The van der Waals surface area contributed by atoms with Gasteiger partial charge < -0.3 is 10.5 Å². The number of aromatic carboxylic acids is 1. The van der Waals surface area contributed by atoms with Crippen molar-refractivity contribution in [1.29, 1.82) is 0 Å².